The van der Waals surface area contributed by atoms with Crippen molar-refractivity contribution >= 4 is 27.3 Å². The standard InChI is InChI=1S/C14H15BrOS/c1-9-3-5-11(6-4-9)8-12(16)13-7-10(2)14(15)17-13/h3-7,12,16H,8H2,1-2H3. The molecule has 1 atom stereocenters. The molecule has 0 saturated carbocycles. The Morgan fingerprint density at radius 3 is 2.41 bits per heavy atom. The summed E-state index contributed by atoms with van der Waals surface area (Å²) in [6, 6.07) is 10.4. The minimum absolute atomic E-state index is 0.410. The van der Waals surface area contributed by atoms with Crippen LogP contribution in [0.25, 0.3) is 0 Å². The third-order valence-electron chi connectivity index (χ3n) is 2.75. The van der Waals surface area contributed by atoms with E-state index in [1.54, 1.807) is 11.3 Å². The van der Waals surface area contributed by atoms with Crippen molar-refractivity contribution in [1.29, 1.82) is 0 Å². The van der Waals surface area contributed by atoms with Gasteiger partial charge in [-0.1, -0.05) is 29.8 Å². The van der Waals surface area contributed by atoms with Crippen LogP contribution in [0.1, 0.15) is 27.7 Å². The SMILES string of the molecule is Cc1ccc(CC(O)c2cc(C)c(Br)s2)cc1. The van der Waals surface area contributed by atoms with E-state index in [2.05, 4.69) is 47.1 Å². The number of halogens is 1. The molecular weight excluding hydrogens is 296 g/mol. The fraction of sp³-hybridized carbons (Fsp3) is 0.286. The van der Waals surface area contributed by atoms with Gasteiger partial charge in [-0.05, 0) is 47.0 Å². The summed E-state index contributed by atoms with van der Waals surface area (Å²) >= 11 is 5.10. The van der Waals surface area contributed by atoms with E-state index in [1.807, 2.05) is 13.0 Å². The Bertz CT molecular complexity index is 482. The topological polar surface area (TPSA) is 20.2 Å². The number of hydrogen-bond donors (Lipinski definition) is 1. The number of aliphatic hydroxyl groups is 1. The number of aliphatic hydroxyl groups excluding tert-OH is 1. The highest BCUT2D eigenvalue weighted by molar-refractivity contribution is 9.11. The van der Waals surface area contributed by atoms with Gasteiger partial charge >= 0.3 is 0 Å². The summed E-state index contributed by atoms with van der Waals surface area (Å²) in [5.74, 6) is 0. The predicted molar refractivity (Wildman–Crippen MR) is 76.6 cm³/mol. The third kappa shape index (κ3) is 3.18. The van der Waals surface area contributed by atoms with E-state index in [1.165, 1.54) is 16.7 Å². The maximum absolute atomic E-state index is 10.2. The fourth-order valence-corrected chi connectivity index (χ4v) is 3.25. The lowest BCUT2D eigenvalue weighted by Gasteiger charge is -2.08. The van der Waals surface area contributed by atoms with Crippen LogP contribution in [0.2, 0.25) is 0 Å². The molecule has 1 aromatic heterocycles. The Morgan fingerprint density at radius 1 is 1.24 bits per heavy atom. The molecule has 1 heterocycles. The van der Waals surface area contributed by atoms with E-state index in [-0.39, 0.29) is 0 Å². The van der Waals surface area contributed by atoms with Crippen LogP contribution in [-0.4, -0.2) is 5.11 Å². The van der Waals surface area contributed by atoms with Crippen molar-refractivity contribution in [2.75, 3.05) is 0 Å². The molecule has 0 bridgehead atoms. The summed E-state index contributed by atoms with van der Waals surface area (Å²) in [6.07, 6.45) is 0.264. The van der Waals surface area contributed by atoms with E-state index in [4.69, 9.17) is 0 Å². The van der Waals surface area contributed by atoms with Crippen LogP contribution >= 0.6 is 27.3 Å². The maximum atomic E-state index is 10.2. The predicted octanol–water partition coefficient (Wildman–Crippen LogP) is 4.40. The molecular formula is C14H15BrOS. The van der Waals surface area contributed by atoms with E-state index in [0.29, 0.717) is 6.42 Å². The van der Waals surface area contributed by atoms with Crippen LogP contribution in [0.4, 0.5) is 0 Å². The first-order valence-corrected chi connectivity index (χ1v) is 7.16. The number of hydrogen-bond acceptors (Lipinski definition) is 2. The molecule has 0 saturated heterocycles. The van der Waals surface area contributed by atoms with Gasteiger partial charge in [0.05, 0.1) is 9.89 Å². The zero-order valence-electron chi connectivity index (χ0n) is 9.90. The number of rotatable bonds is 3. The fourth-order valence-electron chi connectivity index (χ4n) is 1.70. The maximum Gasteiger partial charge on any atom is 0.0922 e. The molecule has 0 fully saturated rings. The van der Waals surface area contributed by atoms with Crippen molar-refractivity contribution in [3.05, 3.63) is 55.7 Å². The lowest BCUT2D eigenvalue weighted by molar-refractivity contribution is 0.182. The largest absolute Gasteiger partial charge is 0.387 e. The monoisotopic (exact) mass is 310 g/mol. The zero-order valence-corrected chi connectivity index (χ0v) is 12.3. The molecule has 1 nitrogen and oxygen atoms in total. The molecule has 0 spiro atoms. The Kier molecular flexibility index (Phi) is 4.02. The highest BCUT2D eigenvalue weighted by Crippen LogP contribution is 2.32. The minimum atomic E-state index is -0.410. The van der Waals surface area contributed by atoms with Crippen LogP contribution < -0.4 is 0 Å². The first-order valence-electron chi connectivity index (χ1n) is 5.55. The van der Waals surface area contributed by atoms with E-state index in [0.717, 1.165) is 8.66 Å². The van der Waals surface area contributed by atoms with Gasteiger partial charge < -0.3 is 5.11 Å². The summed E-state index contributed by atoms with van der Waals surface area (Å²) in [4.78, 5) is 1.02. The van der Waals surface area contributed by atoms with Crippen LogP contribution in [-0.2, 0) is 6.42 Å². The van der Waals surface area contributed by atoms with E-state index < -0.39 is 6.10 Å². The van der Waals surface area contributed by atoms with Crippen molar-refractivity contribution in [2.45, 2.75) is 26.4 Å². The second-order valence-electron chi connectivity index (χ2n) is 4.31. The van der Waals surface area contributed by atoms with Gasteiger partial charge in [-0.2, -0.15) is 0 Å². The summed E-state index contributed by atoms with van der Waals surface area (Å²) in [7, 11) is 0. The molecule has 1 unspecified atom stereocenters. The molecule has 3 heteroatoms. The van der Waals surface area contributed by atoms with Gasteiger partial charge in [0.25, 0.3) is 0 Å². The second kappa shape index (κ2) is 5.34. The van der Waals surface area contributed by atoms with Gasteiger partial charge in [-0.15, -0.1) is 11.3 Å². The van der Waals surface area contributed by atoms with E-state index in [9.17, 15) is 5.11 Å². The normalized spacial score (nSPS) is 12.7. The molecule has 1 aromatic carbocycles. The van der Waals surface area contributed by atoms with Crippen molar-refractivity contribution in [3.8, 4) is 0 Å². The van der Waals surface area contributed by atoms with E-state index >= 15 is 0 Å². The third-order valence-corrected chi connectivity index (χ3v) is 4.99. The van der Waals surface area contributed by atoms with Gasteiger partial charge in [0, 0.05) is 11.3 Å². The van der Waals surface area contributed by atoms with Crippen molar-refractivity contribution in [1.82, 2.24) is 0 Å². The molecule has 2 rings (SSSR count). The van der Waals surface area contributed by atoms with Crippen LogP contribution in [0.3, 0.4) is 0 Å². The van der Waals surface area contributed by atoms with Gasteiger partial charge in [-0.3, -0.25) is 0 Å². The number of thiophene rings is 1. The molecule has 0 aliphatic heterocycles. The van der Waals surface area contributed by atoms with Crippen molar-refractivity contribution in [3.63, 3.8) is 0 Å². The Balaban J connectivity index is 2.11. The van der Waals surface area contributed by atoms with Crippen LogP contribution in [0.5, 0.6) is 0 Å². The first-order chi connectivity index (χ1) is 8.06. The molecule has 1 N–H and O–H groups in total. The van der Waals surface area contributed by atoms with Crippen molar-refractivity contribution in [2.24, 2.45) is 0 Å². The summed E-state index contributed by atoms with van der Waals surface area (Å²) in [6.45, 7) is 4.11. The van der Waals surface area contributed by atoms with Gasteiger partial charge in [0.2, 0.25) is 0 Å². The second-order valence-corrected chi connectivity index (χ2v) is 6.71. The Labute approximate surface area is 114 Å². The average Bonchev–Trinajstić information content (AvgIpc) is 2.63. The summed E-state index contributed by atoms with van der Waals surface area (Å²) in [5, 5.41) is 10.2. The number of aryl methyl sites for hydroxylation is 2. The molecule has 0 amide bonds. The van der Waals surface area contributed by atoms with Gasteiger partial charge in [0.1, 0.15) is 0 Å². The molecule has 0 aliphatic rings. The highest BCUT2D eigenvalue weighted by Gasteiger charge is 2.12. The molecule has 17 heavy (non-hydrogen) atoms. The molecule has 0 radical (unpaired) electrons. The smallest absolute Gasteiger partial charge is 0.0922 e. The lowest BCUT2D eigenvalue weighted by Crippen LogP contribution is -1.99. The summed E-state index contributed by atoms with van der Waals surface area (Å²) in [5.41, 5.74) is 3.61. The summed E-state index contributed by atoms with van der Waals surface area (Å²) < 4.78 is 1.11. The quantitative estimate of drug-likeness (QED) is 0.890. The van der Waals surface area contributed by atoms with Crippen LogP contribution in [0, 0.1) is 13.8 Å². The first kappa shape index (κ1) is 12.8. The van der Waals surface area contributed by atoms with Gasteiger partial charge in [0.15, 0.2) is 0 Å². The molecule has 0 aliphatic carbocycles. The van der Waals surface area contributed by atoms with Crippen molar-refractivity contribution < 1.29 is 5.11 Å². The van der Waals surface area contributed by atoms with Gasteiger partial charge in [-0.25, -0.2) is 0 Å². The highest BCUT2D eigenvalue weighted by atomic mass is 79.9. The Morgan fingerprint density at radius 2 is 1.88 bits per heavy atom. The zero-order chi connectivity index (χ0) is 12.4. The number of benzene rings is 1. The van der Waals surface area contributed by atoms with Crippen LogP contribution in [0.15, 0.2) is 34.1 Å². The Hall–Kier alpha value is -0.640. The lowest BCUT2D eigenvalue weighted by atomic mass is 10.1. The molecule has 2 aromatic rings. The minimum Gasteiger partial charge on any atom is -0.387 e. The molecule has 90 valence electrons. The average molecular weight is 311 g/mol.